The molecule has 0 radical (unpaired) electrons. The highest BCUT2D eigenvalue weighted by molar-refractivity contribution is 5.91. The Labute approximate surface area is 130 Å². The maximum Gasteiger partial charge on any atom is 0.151 e. The number of hydrogen-bond acceptors (Lipinski definition) is 2. The number of benzene rings is 2. The Morgan fingerprint density at radius 3 is 2.64 bits per heavy atom. The van der Waals surface area contributed by atoms with E-state index in [0.717, 1.165) is 22.2 Å². The van der Waals surface area contributed by atoms with Crippen LogP contribution in [0.3, 0.4) is 0 Å². The fraction of sp³-hybridized carbons (Fsp3) is 0.158. The van der Waals surface area contributed by atoms with Crippen molar-refractivity contribution in [2.75, 3.05) is 0 Å². The van der Waals surface area contributed by atoms with Crippen LogP contribution in [0, 0.1) is 25.2 Å². The molecule has 0 N–H and O–H groups in total. The fourth-order valence-electron chi connectivity index (χ4n) is 2.68. The van der Waals surface area contributed by atoms with Gasteiger partial charge in [0.05, 0.1) is 16.6 Å². The number of aryl methyl sites for hydroxylation is 3. The van der Waals surface area contributed by atoms with E-state index in [1.807, 2.05) is 48.0 Å². The van der Waals surface area contributed by atoms with Crippen LogP contribution in [0.15, 0.2) is 42.5 Å². The van der Waals surface area contributed by atoms with E-state index < -0.39 is 0 Å². The summed E-state index contributed by atoms with van der Waals surface area (Å²) >= 11 is 0. The summed E-state index contributed by atoms with van der Waals surface area (Å²) in [6, 6.07) is 16.4. The van der Waals surface area contributed by atoms with Crippen LogP contribution in [0.4, 0.5) is 0 Å². The zero-order chi connectivity index (χ0) is 15.7. The van der Waals surface area contributed by atoms with E-state index in [9.17, 15) is 5.26 Å². The molecule has 0 amide bonds. The Bertz CT molecular complexity index is 923. The SMILES string of the molecule is Cc1ccc(/C=C(\C#N)c2nc3ccccc3n2C)c(C)c1. The molecule has 3 rings (SSSR count). The van der Waals surface area contributed by atoms with E-state index in [0.29, 0.717) is 11.4 Å². The van der Waals surface area contributed by atoms with E-state index in [1.54, 1.807) is 0 Å². The van der Waals surface area contributed by atoms with Crippen LogP contribution in [-0.2, 0) is 7.05 Å². The van der Waals surface area contributed by atoms with Crippen LogP contribution in [0.1, 0.15) is 22.5 Å². The van der Waals surface area contributed by atoms with Crippen LogP contribution < -0.4 is 0 Å². The predicted octanol–water partition coefficient (Wildman–Crippen LogP) is 4.25. The van der Waals surface area contributed by atoms with E-state index in [-0.39, 0.29) is 0 Å². The summed E-state index contributed by atoms with van der Waals surface area (Å²) < 4.78 is 1.97. The van der Waals surface area contributed by atoms with Gasteiger partial charge in [-0.25, -0.2) is 4.98 Å². The molecule has 22 heavy (non-hydrogen) atoms. The van der Waals surface area contributed by atoms with Crippen molar-refractivity contribution in [3.63, 3.8) is 0 Å². The third kappa shape index (κ3) is 2.40. The molecule has 0 aliphatic carbocycles. The number of rotatable bonds is 2. The average Bonchev–Trinajstić information content (AvgIpc) is 2.84. The van der Waals surface area contributed by atoms with Crippen LogP contribution in [0.5, 0.6) is 0 Å². The summed E-state index contributed by atoms with van der Waals surface area (Å²) in [5.41, 5.74) is 5.93. The second kappa shape index (κ2) is 5.50. The summed E-state index contributed by atoms with van der Waals surface area (Å²) in [4.78, 5) is 4.60. The van der Waals surface area contributed by atoms with Crippen molar-refractivity contribution < 1.29 is 0 Å². The largest absolute Gasteiger partial charge is 0.327 e. The number of aromatic nitrogens is 2. The number of nitriles is 1. The molecule has 108 valence electrons. The molecule has 1 heterocycles. The molecular formula is C19H17N3. The Kier molecular flexibility index (Phi) is 3.52. The van der Waals surface area contributed by atoms with Gasteiger partial charge in [-0.3, -0.25) is 0 Å². The molecule has 2 aromatic carbocycles. The minimum absolute atomic E-state index is 0.575. The molecule has 0 atom stereocenters. The quantitative estimate of drug-likeness (QED) is 0.661. The normalized spacial score (nSPS) is 11.6. The maximum atomic E-state index is 9.56. The van der Waals surface area contributed by atoms with E-state index in [2.05, 4.69) is 37.0 Å². The van der Waals surface area contributed by atoms with Gasteiger partial charge in [0.1, 0.15) is 6.07 Å². The van der Waals surface area contributed by atoms with Gasteiger partial charge in [0.2, 0.25) is 0 Å². The first-order valence-electron chi connectivity index (χ1n) is 7.21. The van der Waals surface area contributed by atoms with Crippen molar-refractivity contribution in [3.8, 4) is 6.07 Å². The molecule has 1 aromatic heterocycles. The number of allylic oxidation sites excluding steroid dienone is 1. The summed E-state index contributed by atoms with van der Waals surface area (Å²) in [6.07, 6.45) is 1.91. The van der Waals surface area contributed by atoms with Crippen LogP contribution in [0.25, 0.3) is 22.7 Å². The highest BCUT2D eigenvalue weighted by Crippen LogP contribution is 2.23. The van der Waals surface area contributed by atoms with Crippen molar-refractivity contribution in [1.29, 1.82) is 5.26 Å². The monoisotopic (exact) mass is 287 g/mol. The van der Waals surface area contributed by atoms with Gasteiger partial charge in [0.25, 0.3) is 0 Å². The Balaban J connectivity index is 2.16. The lowest BCUT2D eigenvalue weighted by molar-refractivity contribution is 0.925. The highest BCUT2D eigenvalue weighted by Gasteiger charge is 2.12. The molecule has 3 heteroatoms. The first-order chi connectivity index (χ1) is 10.6. The number of para-hydroxylation sites is 2. The summed E-state index contributed by atoms with van der Waals surface area (Å²) in [5.74, 6) is 0.698. The molecule has 0 bridgehead atoms. The van der Waals surface area contributed by atoms with Crippen molar-refractivity contribution in [2.45, 2.75) is 13.8 Å². The van der Waals surface area contributed by atoms with Crippen molar-refractivity contribution in [2.24, 2.45) is 7.05 Å². The topological polar surface area (TPSA) is 41.6 Å². The molecule has 0 aliphatic rings. The molecule has 0 spiro atoms. The third-order valence-electron chi connectivity index (χ3n) is 3.87. The van der Waals surface area contributed by atoms with Gasteiger partial charge in [-0.15, -0.1) is 0 Å². The van der Waals surface area contributed by atoms with Crippen molar-refractivity contribution in [1.82, 2.24) is 9.55 Å². The Morgan fingerprint density at radius 2 is 1.95 bits per heavy atom. The van der Waals surface area contributed by atoms with Gasteiger partial charge in [0.15, 0.2) is 5.82 Å². The van der Waals surface area contributed by atoms with Crippen molar-refractivity contribution in [3.05, 3.63) is 65.0 Å². The second-order valence-corrected chi connectivity index (χ2v) is 5.51. The van der Waals surface area contributed by atoms with Crippen LogP contribution in [0.2, 0.25) is 0 Å². The summed E-state index contributed by atoms with van der Waals surface area (Å²) in [5, 5.41) is 9.56. The molecular weight excluding hydrogens is 270 g/mol. The maximum absolute atomic E-state index is 9.56. The zero-order valence-electron chi connectivity index (χ0n) is 13.0. The first-order valence-corrected chi connectivity index (χ1v) is 7.21. The molecule has 3 nitrogen and oxygen atoms in total. The number of nitrogens with zero attached hydrogens (tertiary/aromatic N) is 3. The standard InChI is InChI=1S/C19H17N3/c1-13-8-9-15(14(2)10-13)11-16(12-20)19-21-17-6-4-5-7-18(17)22(19)3/h4-11H,1-3H3/b16-11+. The van der Waals surface area contributed by atoms with Gasteiger partial charge in [-0.2, -0.15) is 5.26 Å². The summed E-state index contributed by atoms with van der Waals surface area (Å²) in [7, 11) is 1.94. The van der Waals surface area contributed by atoms with E-state index >= 15 is 0 Å². The predicted molar refractivity (Wildman–Crippen MR) is 90.1 cm³/mol. The average molecular weight is 287 g/mol. The Morgan fingerprint density at radius 1 is 1.18 bits per heavy atom. The Hall–Kier alpha value is -2.86. The smallest absolute Gasteiger partial charge is 0.151 e. The lowest BCUT2D eigenvalue weighted by atomic mass is 10.0. The third-order valence-corrected chi connectivity index (χ3v) is 3.87. The second-order valence-electron chi connectivity index (χ2n) is 5.51. The fourth-order valence-corrected chi connectivity index (χ4v) is 2.68. The first kappa shape index (κ1) is 14.1. The zero-order valence-corrected chi connectivity index (χ0v) is 13.0. The number of imidazole rings is 1. The minimum atomic E-state index is 0.575. The molecule has 0 unspecified atom stereocenters. The van der Waals surface area contributed by atoms with Crippen LogP contribution >= 0.6 is 0 Å². The van der Waals surface area contributed by atoms with Gasteiger partial charge in [-0.1, -0.05) is 35.9 Å². The van der Waals surface area contributed by atoms with Gasteiger partial charge in [-0.05, 0) is 43.2 Å². The lowest BCUT2D eigenvalue weighted by Gasteiger charge is -2.04. The van der Waals surface area contributed by atoms with Gasteiger partial charge < -0.3 is 4.57 Å². The molecule has 3 aromatic rings. The molecule has 0 fully saturated rings. The summed E-state index contributed by atoms with van der Waals surface area (Å²) in [6.45, 7) is 4.12. The molecule has 0 aliphatic heterocycles. The van der Waals surface area contributed by atoms with E-state index in [4.69, 9.17) is 0 Å². The molecule has 0 saturated heterocycles. The van der Waals surface area contributed by atoms with E-state index in [1.165, 1.54) is 5.56 Å². The highest BCUT2D eigenvalue weighted by atomic mass is 15.1. The number of hydrogen-bond donors (Lipinski definition) is 0. The minimum Gasteiger partial charge on any atom is -0.327 e. The van der Waals surface area contributed by atoms with Crippen LogP contribution in [-0.4, -0.2) is 9.55 Å². The molecule has 0 saturated carbocycles. The lowest BCUT2D eigenvalue weighted by Crippen LogP contribution is -1.96. The van der Waals surface area contributed by atoms with Gasteiger partial charge >= 0.3 is 0 Å². The number of fused-ring (bicyclic) bond motifs is 1. The van der Waals surface area contributed by atoms with Crippen molar-refractivity contribution >= 4 is 22.7 Å². The van der Waals surface area contributed by atoms with Gasteiger partial charge in [0, 0.05) is 7.05 Å².